The van der Waals surface area contributed by atoms with Crippen LogP contribution >= 0.6 is 0 Å². The molecular formula is C23H21NO2. The van der Waals surface area contributed by atoms with Crippen LogP contribution in [0.1, 0.15) is 28.2 Å². The molecule has 4 rings (SSSR count). The summed E-state index contributed by atoms with van der Waals surface area (Å²) >= 11 is 0. The number of likely N-dealkylation sites (N-methyl/N-ethyl adjacent to an activating group) is 1. The van der Waals surface area contributed by atoms with Gasteiger partial charge >= 0.3 is 0 Å². The van der Waals surface area contributed by atoms with E-state index in [-0.39, 0.29) is 11.8 Å². The van der Waals surface area contributed by atoms with E-state index in [1.165, 1.54) is 5.56 Å². The molecule has 3 aromatic carbocycles. The van der Waals surface area contributed by atoms with Crippen LogP contribution in [0.5, 0.6) is 11.5 Å². The summed E-state index contributed by atoms with van der Waals surface area (Å²) < 4.78 is 6.00. The maximum atomic E-state index is 13.4. The highest BCUT2D eigenvalue weighted by Gasteiger charge is 2.34. The van der Waals surface area contributed by atoms with Gasteiger partial charge in [-0.2, -0.15) is 0 Å². The van der Waals surface area contributed by atoms with Gasteiger partial charge in [0.05, 0.1) is 5.92 Å². The first-order valence-corrected chi connectivity index (χ1v) is 8.80. The second kappa shape index (κ2) is 6.68. The Kier molecular flexibility index (Phi) is 4.21. The van der Waals surface area contributed by atoms with Crippen molar-refractivity contribution in [3.05, 3.63) is 95.1 Å². The van der Waals surface area contributed by atoms with Crippen molar-refractivity contribution >= 4 is 5.91 Å². The van der Waals surface area contributed by atoms with E-state index in [2.05, 4.69) is 19.1 Å². The van der Waals surface area contributed by atoms with Crippen molar-refractivity contribution in [3.8, 4) is 11.5 Å². The molecule has 1 amide bonds. The highest BCUT2D eigenvalue weighted by atomic mass is 16.5. The van der Waals surface area contributed by atoms with Gasteiger partial charge in [0.25, 0.3) is 0 Å². The second-order valence-corrected chi connectivity index (χ2v) is 6.73. The third-order valence-corrected chi connectivity index (χ3v) is 4.97. The maximum absolute atomic E-state index is 13.4. The largest absolute Gasteiger partial charge is 0.457 e. The lowest BCUT2D eigenvalue weighted by atomic mass is 9.87. The minimum Gasteiger partial charge on any atom is -0.457 e. The Bertz CT molecular complexity index is 918. The molecule has 3 aromatic rings. The Labute approximate surface area is 153 Å². The number of rotatable bonds is 3. The molecule has 0 saturated heterocycles. The van der Waals surface area contributed by atoms with Gasteiger partial charge in [0.2, 0.25) is 5.91 Å². The zero-order valence-corrected chi connectivity index (χ0v) is 15.0. The van der Waals surface area contributed by atoms with Crippen LogP contribution < -0.4 is 4.74 Å². The van der Waals surface area contributed by atoms with Crippen LogP contribution in [0.2, 0.25) is 0 Å². The number of fused-ring (bicyclic) bond motifs is 2. The number of hydrogen-bond donors (Lipinski definition) is 0. The molecule has 0 radical (unpaired) electrons. The van der Waals surface area contributed by atoms with Crippen LogP contribution in [0.15, 0.2) is 72.8 Å². The molecule has 3 nitrogen and oxygen atoms in total. The molecule has 26 heavy (non-hydrogen) atoms. The van der Waals surface area contributed by atoms with Crippen LogP contribution in [0.4, 0.5) is 0 Å². The summed E-state index contributed by atoms with van der Waals surface area (Å²) in [6.07, 6.45) is 0. The van der Waals surface area contributed by atoms with Crippen molar-refractivity contribution in [2.45, 2.75) is 19.4 Å². The number of ether oxygens (including phenoxy) is 1. The molecule has 3 heteroatoms. The molecule has 1 heterocycles. The molecule has 1 aliphatic rings. The fraction of sp³-hybridized carbons (Fsp3) is 0.174. The van der Waals surface area contributed by atoms with Crippen LogP contribution in [-0.2, 0) is 11.3 Å². The standard InChI is InChI=1S/C23H21NO2/c1-16-9-3-4-10-17(16)15-24(2)23(25)22-18-11-5-7-13-20(18)26-21-14-8-6-12-19(21)22/h3-14,22H,15H2,1-2H3. The number of benzene rings is 3. The lowest BCUT2D eigenvalue weighted by Crippen LogP contribution is -2.33. The molecule has 0 saturated carbocycles. The fourth-order valence-electron chi connectivity index (χ4n) is 3.52. The van der Waals surface area contributed by atoms with Gasteiger partial charge in [-0.25, -0.2) is 0 Å². The first-order chi connectivity index (χ1) is 12.6. The van der Waals surface area contributed by atoms with E-state index in [1.807, 2.05) is 72.6 Å². The third-order valence-electron chi connectivity index (χ3n) is 4.97. The van der Waals surface area contributed by atoms with Crippen LogP contribution in [0.3, 0.4) is 0 Å². The normalized spacial score (nSPS) is 12.7. The fourth-order valence-corrected chi connectivity index (χ4v) is 3.52. The van der Waals surface area contributed by atoms with Crippen molar-refractivity contribution in [1.82, 2.24) is 4.90 Å². The maximum Gasteiger partial charge on any atom is 0.234 e. The highest BCUT2D eigenvalue weighted by molar-refractivity contribution is 5.89. The van der Waals surface area contributed by atoms with Crippen LogP contribution in [0, 0.1) is 6.92 Å². The van der Waals surface area contributed by atoms with Gasteiger partial charge in [-0.05, 0) is 30.2 Å². The SMILES string of the molecule is Cc1ccccc1CN(C)C(=O)C1c2ccccc2Oc2ccccc21. The summed E-state index contributed by atoms with van der Waals surface area (Å²) in [5, 5.41) is 0. The van der Waals surface area contributed by atoms with E-state index in [0.29, 0.717) is 6.54 Å². The Balaban J connectivity index is 1.70. The topological polar surface area (TPSA) is 29.5 Å². The molecule has 0 N–H and O–H groups in total. The summed E-state index contributed by atoms with van der Waals surface area (Å²) in [5.41, 5.74) is 4.21. The van der Waals surface area contributed by atoms with Crippen molar-refractivity contribution in [2.75, 3.05) is 7.05 Å². The lowest BCUT2D eigenvalue weighted by Gasteiger charge is -2.30. The molecule has 0 aliphatic carbocycles. The van der Waals surface area contributed by atoms with Gasteiger partial charge in [0, 0.05) is 24.7 Å². The monoisotopic (exact) mass is 343 g/mol. The predicted molar refractivity (Wildman–Crippen MR) is 102 cm³/mol. The van der Waals surface area contributed by atoms with E-state index in [1.54, 1.807) is 0 Å². The molecule has 130 valence electrons. The zero-order valence-electron chi connectivity index (χ0n) is 15.0. The molecule has 0 aromatic heterocycles. The summed E-state index contributed by atoms with van der Waals surface area (Å²) in [7, 11) is 1.87. The molecule has 1 aliphatic heterocycles. The number of aryl methyl sites for hydroxylation is 1. The van der Waals surface area contributed by atoms with Crippen LogP contribution in [0.25, 0.3) is 0 Å². The first-order valence-electron chi connectivity index (χ1n) is 8.80. The predicted octanol–water partition coefficient (Wildman–Crippen LogP) is 4.89. The molecular weight excluding hydrogens is 322 g/mol. The van der Waals surface area contributed by atoms with Gasteiger partial charge in [-0.1, -0.05) is 60.7 Å². The molecule has 0 fully saturated rings. The first kappa shape index (κ1) is 16.4. The quantitative estimate of drug-likeness (QED) is 0.677. The number of carbonyl (C=O) groups excluding carboxylic acids is 1. The minimum absolute atomic E-state index is 0.0800. The smallest absolute Gasteiger partial charge is 0.234 e. The third kappa shape index (κ3) is 2.86. The Morgan fingerprint density at radius 1 is 0.885 bits per heavy atom. The minimum atomic E-state index is -0.342. The van der Waals surface area contributed by atoms with Crippen molar-refractivity contribution in [1.29, 1.82) is 0 Å². The number of carbonyl (C=O) groups is 1. The number of hydrogen-bond acceptors (Lipinski definition) is 2. The number of amides is 1. The van der Waals surface area contributed by atoms with Crippen molar-refractivity contribution in [3.63, 3.8) is 0 Å². The van der Waals surface area contributed by atoms with Crippen molar-refractivity contribution < 1.29 is 9.53 Å². The van der Waals surface area contributed by atoms with E-state index in [4.69, 9.17) is 4.74 Å². The Morgan fingerprint density at radius 3 is 2.04 bits per heavy atom. The van der Waals surface area contributed by atoms with Gasteiger partial charge < -0.3 is 9.64 Å². The van der Waals surface area contributed by atoms with E-state index < -0.39 is 0 Å². The second-order valence-electron chi connectivity index (χ2n) is 6.73. The molecule has 0 bridgehead atoms. The lowest BCUT2D eigenvalue weighted by molar-refractivity contribution is -0.131. The highest BCUT2D eigenvalue weighted by Crippen LogP contribution is 2.44. The van der Waals surface area contributed by atoms with Gasteiger partial charge in [0.1, 0.15) is 11.5 Å². The van der Waals surface area contributed by atoms with Gasteiger partial charge in [0.15, 0.2) is 0 Å². The summed E-state index contributed by atoms with van der Waals surface area (Å²) in [4.78, 5) is 15.2. The van der Waals surface area contributed by atoms with E-state index >= 15 is 0 Å². The van der Waals surface area contributed by atoms with E-state index in [0.717, 1.165) is 28.2 Å². The van der Waals surface area contributed by atoms with Crippen molar-refractivity contribution in [2.24, 2.45) is 0 Å². The summed E-state index contributed by atoms with van der Waals surface area (Å²) in [6.45, 7) is 2.67. The average Bonchev–Trinajstić information content (AvgIpc) is 2.67. The summed E-state index contributed by atoms with van der Waals surface area (Å²) in [5.74, 6) is 1.25. The Morgan fingerprint density at radius 2 is 1.42 bits per heavy atom. The van der Waals surface area contributed by atoms with Gasteiger partial charge in [-0.3, -0.25) is 4.79 Å². The van der Waals surface area contributed by atoms with Gasteiger partial charge in [-0.15, -0.1) is 0 Å². The average molecular weight is 343 g/mol. The Hall–Kier alpha value is -3.07. The van der Waals surface area contributed by atoms with Crippen LogP contribution in [-0.4, -0.2) is 17.9 Å². The van der Waals surface area contributed by atoms with E-state index in [9.17, 15) is 4.79 Å². The molecule has 0 spiro atoms. The molecule has 0 atom stereocenters. The number of nitrogens with zero attached hydrogens (tertiary/aromatic N) is 1. The summed E-state index contributed by atoms with van der Waals surface area (Å²) in [6, 6.07) is 23.8. The molecule has 0 unspecified atom stereocenters. The zero-order chi connectivity index (χ0) is 18.1. The number of para-hydroxylation sites is 2.